The maximum atomic E-state index is 12.3. The summed E-state index contributed by atoms with van der Waals surface area (Å²) in [6.45, 7) is 0. The summed E-state index contributed by atoms with van der Waals surface area (Å²) >= 11 is 0. The number of amides is 1. The number of anilines is 2. The molecule has 29 heavy (non-hydrogen) atoms. The van der Waals surface area contributed by atoms with Gasteiger partial charge >= 0.3 is 0 Å². The Morgan fingerprint density at radius 1 is 1.00 bits per heavy atom. The van der Waals surface area contributed by atoms with Crippen LogP contribution < -0.4 is 10.6 Å². The van der Waals surface area contributed by atoms with E-state index in [0.29, 0.717) is 5.95 Å². The van der Waals surface area contributed by atoms with Crippen molar-refractivity contribution in [3.05, 3.63) is 102 Å². The normalized spacial score (nSPS) is 15.2. The number of hydrogen-bond acceptors (Lipinski definition) is 5. The lowest BCUT2D eigenvalue weighted by Gasteiger charge is -2.24. The van der Waals surface area contributed by atoms with E-state index in [4.69, 9.17) is 4.42 Å². The molecule has 1 aliphatic rings. The van der Waals surface area contributed by atoms with Crippen molar-refractivity contribution < 1.29 is 9.21 Å². The van der Waals surface area contributed by atoms with Crippen LogP contribution in [-0.2, 0) is 0 Å². The first-order valence-electron chi connectivity index (χ1n) is 9.18. The second-order valence-corrected chi connectivity index (χ2v) is 6.56. The number of fused-ring (bicyclic) bond motifs is 1. The maximum absolute atomic E-state index is 12.3. The van der Waals surface area contributed by atoms with Crippen molar-refractivity contribution in [1.82, 2.24) is 14.8 Å². The third-order valence-electron chi connectivity index (χ3n) is 4.66. The highest BCUT2D eigenvalue weighted by Gasteiger charge is 2.26. The van der Waals surface area contributed by atoms with E-state index >= 15 is 0 Å². The Labute approximate surface area is 166 Å². The highest BCUT2D eigenvalue weighted by atomic mass is 16.3. The quantitative estimate of drug-likeness (QED) is 0.552. The smallest absolute Gasteiger partial charge is 0.293 e. The maximum Gasteiger partial charge on any atom is 0.293 e. The third-order valence-corrected chi connectivity index (χ3v) is 4.66. The van der Waals surface area contributed by atoms with Crippen molar-refractivity contribution in [2.24, 2.45) is 0 Å². The van der Waals surface area contributed by atoms with Crippen LogP contribution in [0.4, 0.5) is 11.9 Å². The minimum Gasteiger partial charge on any atom is -0.459 e. The third kappa shape index (κ3) is 3.29. The number of nitrogens with zero attached hydrogens (tertiary/aromatic N) is 3. The molecule has 7 heteroatoms. The van der Waals surface area contributed by atoms with Gasteiger partial charge in [-0.2, -0.15) is 4.98 Å². The molecule has 2 aromatic heterocycles. The van der Waals surface area contributed by atoms with Gasteiger partial charge in [0, 0.05) is 5.70 Å². The molecular weight excluding hydrogens is 366 g/mol. The largest absolute Gasteiger partial charge is 0.459 e. The SMILES string of the molecule is O=C(Nc1nc2n(n1)[C@@H](c1ccccc1)C=C(c1ccccc1)N2)c1ccco1. The summed E-state index contributed by atoms with van der Waals surface area (Å²) in [6, 6.07) is 23.2. The average Bonchev–Trinajstić information content (AvgIpc) is 3.44. The summed E-state index contributed by atoms with van der Waals surface area (Å²) in [5.74, 6) is 0.561. The van der Waals surface area contributed by atoms with Crippen LogP contribution in [0.2, 0.25) is 0 Å². The number of furan rings is 1. The Kier molecular flexibility index (Phi) is 4.18. The molecule has 0 spiro atoms. The van der Waals surface area contributed by atoms with Gasteiger partial charge < -0.3 is 9.73 Å². The van der Waals surface area contributed by atoms with Gasteiger partial charge in [-0.3, -0.25) is 10.1 Å². The zero-order valence-corrected chi connectivity index (χ0v) is 15.3. The van der Waals surface area contributed by atoms with E-state index < -0.39 is 5.91 Å². The molecule has 7 nitrogen and oxygen atoms in total. The van der Waals surface area contributed by atoms with Gasteiger partial charge in [-0.25, -0.2) is 4.68 Å². The molecule has 0 saturated heterocycles. The van der Waals surface area contributed by atoms with Gasteiger partial charge in [-0.1, -0.05) is 60.7 Å². The van der Waals surface area contributed by atoms with Gasteiger partial charge in [0.2, 0.25) is 5.95 Å². The number of aromatic nitrogens is 3. The van der Waals surface area contributed by atoms with Gasteiger partial charge in [0.15, 0.2) is 5.76 Å². The van der Waals surface area contributed by atoms with Crippen molar-refractivity contribution in [1.29, 1.82) is 0 Å². The monoisotopic (exact) mass is 383 g/mol. The van der Waals surface area contributed by atoms with Gasteiger partial charge in [0.05, 0.1) is 6.26 Å². The van der Waals surface area contributed by atoms with E-state index in [9.17, 15) is 4.79 Å². The topological polar surface area (TPSA) is 85.0 Å². The summed E-state index contributed by atoms with van der Waals surface area (Å²) in [5.41, 5.74) is 3.05. The van der Waals surface area contributed by atoms with E-state index in [2.05, 4.69) is 26.8 Å². The fraction of sp³-hybridized carbons (Fsp3) is 0.0455. The highest BCUT2D eigenvalue weighted by Crippen LogP contribution is 2.33. The van der Waals surface area contributed by atoms with Crippen LogP contribution >= 0.6 is 0 Å². The van der Waals surface area contributed by atoms with E-state index in [1.807, 2.05) is 60.7 Å². The Morgan fingerprint density at radius 3 is 2.48 bits per heavy atom. The molecule has 0 radical (unpaired) electrons. The molecule has 0 bridgehead atoms. The van der Waals surface area contributed by atoms with Crippen LogP contribution in [0.25, 0.3) is 5.70 Å². The van der Waals surface area contributed by atoms with Crippen LogP contribution in [0.15, 0.2) is 89.6 Å². The minimum atomic E-state index is -0.398. The molecule has 0 saturated carbocycles. The number of benzene rings is 2. The Bertz CT molecular complexity index is 1160. The fourth-order valence-electron chi connectivity index (χ4n) is 3.29. The first kappa shape index (κ1) is 17.0. The van der Waals surface area contributed by atoms with E-state index in [1.54, 1.807) is 16.8 Å². The molecule has 1 amide bonds. The first-order chi connectivity index (χ1) is 14.3. The van der Waals surface area contributed by atoms with Crippen molar-refractivity contribution >= 4 is 23.5 Å². The molecule has 0 unspecified atom stereocenters. The van der Waals surface area contributed by atoms with Crippen LogP contribution in [0.5, 0.6) is 0 Å². The summed E-state index contributed by atoms with van der Waals surface area (Å²) in [7, 11) is 0. The number of allylic oxidation sites excluding steroid dienone is 1. The van der Waals surface area contributed by atoms with Gasteiger partial charge in [-0.05, 0) is 29.3 Å². The molecule has 142 valence electrons. The summed E-state index contributed by atoms with van der Waals surface area (Å²) in [5, 5.41) is 10.5. The average molecular weight is 383 g/mol. The van der Waals surface area contributed by atoms with E-state index in [1.165, 1.54) is 6.26 Å². The van der Waals surface area contributed by atoms with Crippen molar-refractivity contribution in [3.8, 4) is 0 Å². The zero-order chi connectivity index (χ0) is 19.6. The predicted octanol–water partition coefficient (Wildman–Crippen LogP) is 4.18. The molecule has 1 aliphatic heterocycles. The van der Waals surface area contributed by atoms with Crippen LogP contribution in [-0.4, -0.2) is 20.7 Å². The molecule has 2 N–H and O–H groups in total. The Morgan fingerprint density at radius 2 is 1.76 bits per heavy atom. The lowest BCUT2D eigenvalue weighted by atomic mass is 10.0. The van der Waals surface area contributed by atoms with Crippen LogP contribution in [0.3, 0.4) is 0 Å². The fourth-order valence-corrected chi connectivity index (χ4v) is 3.29. The van der Waals surface area contributed by atoms with Gasteiger partial charge in [-0.15, -0.1) is 5.10 Å². The second-order valence-electron chi connectivity index (χ2n) is 6.56. The zero-order valence-electron chi connectivity index (χ0n) is 15.3. The van der Waals surface area contributed by atoms with E-state index in [-0.39, 0.29) is 17.8 Å². The number of hydrogen-bond donors (Lipinski definition) is 2. The van der Waals surface area contributed by atoms with Crippen molar-refractivity contribution in [2.75, 3.05) is 10.6 Å². The van der Waals surface area contributed by atoms with Gasteiger partial charge in [0.25, 0.3) is 11.9 Å². The standard InChI is InChI=1S/C22H17N5O2/c28-20(19-12-7-13-29-19)24-21-25-22-23-17(15-8-3-1-4-9-15)14-18(27(22)26-21)16-10-5-2-6-11-16/h1-14,18H,(H2,23,24,25,26,28)/t18-/m1/s1. The van der Waals surface area contributed by atoms with E-state index in [0.717, 1.165) is 16.8 Å². The molecule has 0 fully saturated rings. The molecule has 1 atom stereocenters. The summed E-state index contributed by atoms with van der Waals surface area (Å²) in [4.78, 5) is 16.8. The Balaban J connectivity index is 1.52. The van der Waals surface area contributed by atoms with Gasteiger partial charge in [0.1, 0.15) is 6.04 Å². The second kappa shape index (κ2) is 7.12. The number of rotatable bonds is 4. The Hall–Kier alpha value is -4.13. The molecule has 5 rings (SSSR count). The number of carbonyl (C=O) groups is 1. The number of nitrogens with one attached hydrogen (secondary N) is 2. The molecule has 0 aliphatic carbocycles. The predicted molar refractivity (Wildman–Crippen MR) is 109 cm³/mol. The number of carbonyl (C=O) groups excluding carboxylic acids is 1. The van der Waals surface area contributed by atoms with Crippen molar-refractivity contribution in [2.45, 2.75) is 6.04 Å². The first-order valence-corrected chi connectivity index (χ1v) is 9.18. The molecule has 4 aromatic rings. The van der Waals surface area contributed by atoms with Crippen LogP contribution in [0, 0.1) is 0 Å². The lowest BCUT2D eigenvalue weighted by Crippen LogP contribution is -2.20. The molecule has 2 aromatic carbocycles. The molecule has 3 heterocycles. The minimum absolute atomic E-state index is 0.163. The summed E-state index contributed by atoms with van der Waals surface area (Å²) in [6.07, 6.45) is 3.55. The molecular formula is C22H17N5O2. The highest BCUT2D eigenvalue weighted by molar-refractivity contribution is 6.01. The lowest BCUT2D eigenvalue weighted by molar-refractivity contribution is 0.0996. The summed E-state index contributed by atoms with van der Waals surface area (Å²) < 4.78 is 6.90. The van der Waals surface area contributed by atoms with Crippen LogP contribution in [0.1, 0.15) is 27.7 Å². The van der Waals surface area contributed by atoms with Crippen molar-refractivity contribution in [3.63, 3.8) is 0 Å².